The highest BCUT2D eigenvalue weighted by Gasteiger charge is 2.25. The molecule has 3 rings (SSSR count). The van der Waals surface area contributed by atoms with Crippen molar-refractivity contribution in [2.45, 2.75) is 33.1 Å². The van der Waals surface area contributed by atoms with Crippen molar-refractivity contribution in [3.8, 4) is 11.8 Å². The van der Waals surface area contributed by atoms with Crippen molar-refractivity contribution in [2.75, 3.05) is 11.9 Å². The van der Waals surface area contributed by atoms with Crippen molar-refractivity contribution in [1.82, 2.24) is 0 Å². The Kier molecular flexibility index (Phi) is 5.31. The summed E-state index contributed by atoms with van der Waals surface area (Å²) in [7, 11) is 0. The van der Waals surface area contributed by atoms with Crippen molar-refractivity contribution >= 4 is 33.8 Å². The lowest BCUT2D eigenvalue weighted by molar-refractivity contribution is 0.102. The number of anilines is 1. The highest BCUT2D eigenvalue weighted by atomic mass is 35.5. The smallest absolute Gasteiger partial charge is 0.256 e. The van der Waals surface area contributed by atoms with Gasteiger partial charge in [0.05, 0.1) is 17.2 Å². The van der Waals surface area contributed by atoms with Crippen LogP contribution in [-0.2, 0) is 12.8 Å². The van der Waals surface area contributed by atoms with Crippen molar-refractivity contribution in [3.63, 3.8) is 0 Å². The Morgan fingerprint density at radius 1 is 1.52 bits per heavy atom. The van der Waals surface area contributed by atoms with Gasteiger partial charge < -0.3 is 10.1 Å². The molecule has 1 atom stereocenters. The van der Waals surface area contributed by atoms with E-state index in [2.05, 4.69) is 18.3 Å². The van der Waals surface area contributed by atoms with Gasteiger partial charge in [-0.05, 0) is 55.9 Å². The minimum absolute atomic E-state index is 0.270. The molecule has 0 spiro atoms. The fraction of sp³-hybridized carbons (Fsp3) is 0.368. The van der Waals surface area contributed by atoms with Gasteiger partial charge in [-0.1, -0.05) is 18.5 Å². The Morgan fingerprint density at radius 2 is 2.32 bits per heavy atom. The van der Waals surface area contributed by atoms with Crippen LogP contribution in [0.15, 0.2) is 18.2 Å². The number of carbonyl (C=O) groups excluding carboxylic acids is 1. The molecule has 1 heterocycles. The summed E-state index contributed by atoms with van der Waals surface area (Å²) in [5, 5.41) is 13.4. The van der Waals surface area contributed by atoms with E-state index in [9.17, 15) is 10.1 Å². The van der Waals surface area contributed by atoms with E-state index in [1.165, 1.54) is 16.2 Å². The van der Waals surface area contributed by atoms with Crippen LogP contribution in [0, 0.1) is 17.2 Å². The fourth-order valence-electron chi connectivity index (χ4n) is 3.05. The third-order valence-corrected chi connectivity index (χ3v) is 5.81. The number of nitrogens with zero attached hydrogens (tertiary/aromatic N) is 1. The van der Waals surface area contributed by atoms with Gasteiger partial charge in [0.25, 0.3) is 5.91 Å². The Hall–Kier alpha value is -2.03. The third kappa shape index (κ3) is 3.65. The number of amides is 1. The molecule has 1 N–H and O–H groups in total. The largest absolute Gasteiger partial charge is 0.492 e. The summed E-state index contributed by atoms with van der Waals surface area (Å²) >= 11 is 7.67. The van der Waals surface area contributed by atoms with E-state index in [1.807, 2.05) is 6.92 Å². The molecule has 130 valence electrons. The van der Waals surface area contributed by atoms with Crippen LogP contribution in [0.2, 0.25) is 5.02 Å². The number of rotatable bonds is 4. The van der Waals surface area contributed by atoms with E-state index < -0.39 is 0 Å². The molecule has 2 aromatic rings. The second kappa shape index (κ2) is 7.47. The number of hydrogen-bond acceptors (Lipinski definition) is 4. The second-order valence-corrected chi connectivity index (χ2v) is 7.71. The Balaban J connectivity index is 1.84. The van der Waals surface area contributed by atoms with Gasteiger partial charge in [0.1, 0.15) is 16.8 Å². The van der Waals surface area contributed by atoms with E-state index >= 15 is 0 Å². The molecule has 6 heteroatoms. The number of nitrogens with one attached hydrogen (secondary N) is 1. The minimum atomic E-state index is -0.270. The molecule has 0 fully saturated rings. The molecule has 4 nitrogen and oxygen atoms in total. The van der Waals surface area contributed by atoms with Crippen LogP contribution in [0.5, 0.6) is 5.75 Å². The van der Waals surface area contributed by atoms with Crippen LogP contribution in [-0.4, -0.2) is 12.5 Å². The fourth-order valence-corrected chi connectivity index (χ4v) is 4.64. The van der Waals surface area contributed by atoms with Gasteiger partial charge in [0.15, 0.2) is 0 Å². The van der Waals surface area contributed by atoms with Crippen LogP contribution >= 0.6 is 22.9 Å². The van der Waals surface area contributed by atoms with Crippen molar-refractivity contribution in [2.24, 2.45) is 5.92 Å². The van der Waals surface area contributed by atoms with E-state index in [1.54, 1.807) is 18.2 Å². The van der Waals surface area contributed by atoms with Crippen LogP contribution in [0.1, 0.15) is 46.6 Å². The number of benzene rings is 1. The van der Waals surface area contributed by atoms with Crippen molar-refractivity contribution < 1.29 is 9.53 Å². The lowest BCUT2D eigenvalue weighted by atomic mass is 9.88. The lowest BCUT2D eigenvalue weighted by Crippen LogP contribution is -2.12. The zero-order valence-corrected chi connectivity index (χ0v) is 15.8. The minimum Gasteiger partial charge on any atom is -0.492 e. The first-order valence-electron chi connectivity index (χ1n) is 8.31. The third-order valence-electron chi connectivity index (χ3n) is 4.34. The second-order valence-electron chi connectivity index (χ2n) is 6.20. The molecule has 1 aliphatic carbocycles. The molecule has 1 unspecified atom stereocenters. The monoisotopic (exact) mass is 374 g/mol. The summed E-state index contributed by atoms with van der Waals surface area (Å²) in [6, 6.07) is 7.21. The van der Waals surface area contributed by atoms with Gasteiger partial charge >= 0.3 is 0 Å². The van der Waals surface area contributed by atoms with E-state index in [4.69, 9.17) is 16.3 Å². The predicted octanol–water partition coefficient (Wildman–Crippen LogP) is 5.05. The molecule has 1 aliphatic rings. The number of fused-ring (bicyclic) bond motifs is 1. The predicted molar refractivity (Wildman–Crippen MR) is 101 cm³/mol. The number of ether oxygens (including phenoxy) is 1. The summed E-state index contributed by atoms with van der Waals surface area (Å²) < 4.78 is 5.39. The Bertz CT molecular complexity index is 854. The maximum Gasteiger partial charge on any atom is 0.256 e. The summed E-state index contributed by atoms with van der Waals surface area (Å²) in [5.41, 5.74) is 2.15. The first kappa shape index (κ1) is 17.8. The molecule has 1 aromatic carbocycles. The standard InChI is InChI=1S/C19H19ClN2O2S/c1-3-24-16-7-5-12(9-15(16)20)18(23)22-19-14(10-21)13-6-4-11(2)8-17(13)25-19/h5,7,9,11H,3-4,6,8H2,1-2H3,(H,22,23). The molecular weight excluding hydrogens is 356 g/mol. The molecule has 1 amide bonds. The van der Waals surface area contributed by atoms with Gasteiger partial charge in [-0.25, -0.2) is 0 Å². The molecule has 0 aliphatic heterocycles. The Labute approximate surface area is 156 Å². The van der Waals surface area contributed by atoms with Crippen LogP contribution in [0.4, 0.5) is 5.00 Å². The van der Waals surface area contributed by atoms with E-state index in [-0.39, 0.29) is 5.91 Å². The zero-order valence-electron chi connectivity index (χ0n) is 14.2. The quantitative estimate of drug-likeness (QED) is 0.814. The average Bonchev–Trinajstić information content (AvgIpc) is 2.92. The maximum absolute atomic E-state index is 12.6. The number of halogens is 1. The van der Waals surface area contributed by atoms with Crippen molar-refractivity contribution in [1.29, 1.82) is 5.26 Å². The topological polar surface area (TPSA) is 62.1 Å². The van der Waals surface area contributed by atoms with Crippen LogP contribution < -0.4 is 10.1 Å². The normalized spacial score (nSPS) is 16.0. The van der Waals surface area contributed by atoms with Gasteiger partial charge in [-0.2, -0.15) is 5.26 Å². The number of carbonyl (C=O) groups is 1. The summed E-state index contributed by atoms with van der Waals surface area (Å²) in [6.45, 7) is 4.60. The van der Waals surface area contributed by atoms with Crippen molar-refractivity contribution in [3.05, 3.63) is 44.8 Å². The first-order valence-corrected chi connectivity index (χ1v) is 9.51. The highest BCUT2D eigenvalue weighted by Crippen LogP contribution is 2.39. The molecule has 25 heavy (non-hydrogen) atoms. The maximum atomic E-state index is 12.6. The summed E-state index contributed by atoms with van der Waals surface area (Å²) in [6.07, 6.45) is 2.96. The number of thiophene rings is 1. The Morgan fingerprint density at radius 3 is 3.00 bits per heavy atom. The van der Waals surface area contributed by atoms with Gasteiger partial charge in [-0.15, -0.1) is 11.3 Å². The first-order chi connectivity index (χ1) is 12.0. The van der Waals surface area contributed by atoms with E-state index in [0.29, 0.717) is 39.4 Å². The molecule has 0 saturated heterocycles. The average molecular weight is 375 g/mol. The lowest BCUT2D eigenvalue weighted by Gasteiger charge is -2.17. The van der Waals surface area contributed by atoms with Gasteiger partial charge in [0, 0.05) is 10.4 Å². The molecule has 0 saturated carbocycles. The van der Waals surface area contributed by atoms with Gasteiger partial charge in [-0.3, -0.25) is 4.79 Å². The summed E-state index contributed by atoms with van der Waals surface area (Å²) in [4.78, 5) is 13.8. The molecule has 1 aromatic heterocycles. The highest BCUT2D eigenvalue weighted by molar-refractivity contribution is 7.16. The SMILES string of the molecule is CCOc1ccc(C(=O)Nc2sc3c(c2C#N)CCC(C)C3)cc1Cl. The van der Waals surface area contributed by atoms with Gasteiger partial charge in [0.2, 0.25) is 0 Å². The molecular formula is C19H19ClN2O2S. The molecule has 0 bridgehead atoms. The van der Waals surface area contributed by atoms with E-state index in [0.717, 1.165) is 24.8 Å². The zero-order chi connectivity index (χ0) is 18.0. The van der Waals surface area contributed by atoms with Crippen LogP contribution in [0.25, 0.3) is 0 Å². The van der Waals surface area contributed by atoms with Crippen LogP contribution in [0.3, 0.4) is 0 Å². The summed E-state index contributed by atoms with van der Waals surface area (Å²) in [5.74, 6) is 0.901. The number of hydrogen-bond donors (Lipinski definition) is 1. The molecule has 0 radical (unpaired) electrons. The number of nitriles is 1.